The molecule has 0 aromatic rings. The zero-order chi connectivity index (χ0) is 10.8. The highest BCUT2D eigenvalue weighted by atomic mass is 32.2. The van der Waals surface area contributed by atoms with E-state index >= 15 is 0 Å². The third kappa shape index (κ3) is 2.34. The first kappa shape index (κ1) is 11.7. The van der Waals surface area contributed by atoms with Gasteiger partial charge in [0.2, 0.25) is 0 Å². The van der Waals surface area contributed by atoms with Crippen molar-refractivity contribution in [2.45, 2.75) is 50.3 Å². The van der Waals surface area contributed by atoms with E-state index in [0.29, 0.717) is 0 Å². The fourth-order valence-corrected chi connectivity index (χ4v) is 3.28. The maximum atomic E-state index is 12.0. The second kappa shape index (κ2) is 4.41. The van der Waals surface area contributed by atoms with Crippen LogP contribution >= 0.6 is 0 Å². The van der Waals surface area contributed by atoms with E-state index in [9.17, 15) is 4.21 Å². The number of nitrogens with zero attached hydrogens (tertiary/aromatic N) is 2. The van der Waals surface area contributed by atoms with Crippen LogP contribution in [0.4, 0.5) is 0 Å². The second-order valence-corrected chi connectivity index (χ2v) is 6.12. The smallest absolute Gasteiger partial charge is 0.114 e. The third-order valence-corrected chi connectivity index (χ3v) is 4.96. The van der Waals surface area contributed by atoms with Crippen LogP contribution in [0.15, 0.2) is 0 Å². The summed E-state index contributed by atoms with van der Waals surface area (Å²) in [6.07, 6.45) is 4.44. The molecule has 0 spiro atoms. The summed E-state index contributed by atoms with van der Waals surface area (Å²) in [5, 5.41) is 9.20. The molecule has 80 valence electrons. The summed E-state index contributed by atoms with van der Waals surface area (Å²) in [7, 11) is 0.777. The molecule has 14 heavy (non-hydrogen) atoms. The van der Waals surface area contributed by atoms with Crippen molar-refractivity contribution >= 4 is 11.0 Å². The first-order chi connectivity index (χ1) is 6.49. The molecule has 4 heteroatoms. The van der Waals surface area contributed by atoms with Gasteiger partial charge in [-0.15, -0.1) is 0 Å². The summed E-state index contributed by atoms with van der Waals surface area (Å²) in [4.78, 5) is 0. The highest BCUT2D eigenvalue weighted by Crippen LogP contribution is 2.26. The number of nitriles is 1. The van der Waals surface area contributed by atoms with Crippen LogP contribution in [0.5, 0.6) is 0 Å². The molecule has 0 aliphatic heterocycles. The van der Waals surface area contributed by atoms with E-state index in [4.69, 9.17) is 5.26 Å². The Morgan fingerprint density at radius 3 is 2.36 bits per heavy atom. The number of hydrogen-bond acceptors (Lipinski definition) is 2. The number of rotatable bonds is 3. The molecule has 0 saturated heterocycles. The molecule has 0 aromatic heterocycles. The van der Waals surface area contributed by atoms with E-state index in [-0.39, 0.29) is 5.25 Å². The van der Waals surface area contributed by atoms with Crippen molar-refractivity contribution in [2.24, 2.45) is 0 Å². The maximum Gasteiger partial charge on any atom is 0.114 e. The van der Waals surface area contributed by atoms with Crippen molar-refractivity contribution in [1.82, 2.24) is 4.31 Å². The Morgan fingerprint density at radius 2 is 1.93 bits per heavy atom. The first-order valence-electron chi connectivity index (χ1n) is 5.05. The third-order valence-electron chi connectivity index (χ3n) is 2.92. The Hall–Kier alpha value is -0.400. The molecule has 1 aliphatic carbocycles. The van der Waals surface area contributed by atoms with Crippen molar-refractivity contribution in [3.63, 3.8) is 0 Å². The van der Waals surface area contributed by atoms with Crippen molar-refractivity contribution in [1.29, 1.82) is 5.26 Å². The Balaban J connectivity index is 2.65. The molecular weight excluding hydrogens is 196 g/mol. The molecule has 0 bridgehead atoms. The lowest BCUT2D eigenvalue weighted by atomic mass is 10.1. The van der Waals surface area contributed by atoms with Gasteiger partial charge in [0, 0.05) is 12.3 Å². The summed E-state index contributed by atoms with van der Waals surface area (Å²) < 4.78 is 13.7. The van der Waals surface area contributed by atoms with Crippen LogP contribution in [-0.4, -0.2) is 26.4 Å². The highest BCUT2D eigenvalue weighted by molar-refractivity contribution is 7.83. The van der Waals surface area contributed by atoms with Gasteiger partial charge in [-0.1, -0.05) is 12.8 Å². The van der Waals surface area contributed by atoms with Gasteiger partial charge in [0.05, 0.1) is 17.1 Å². The van der Waals surface area contributed by atoms with Crippen LogP contribution in [0.1, 0.15) is 39.5 Å². The van der Waals surface area contributed by atoms with Crippen molar-refractivity contribution in [2.75, 3.05) is 7.05 Å². The average Bonchev–Trinajstić information content (AvgIpc) is 2.68. The van der Waals surface area contributed by atoms with Gasteiger partial charge in [-0.2, -0.15) is 5.26 Å². The topological polar surface area (TPSA) is 44.1 Å². The summed E-state index contributed by atoms with van der Waals surface area (Å²) in [6, 6.07) is 2.18. The fourth-order valence-electron chi connectivity index (χ4n) is 1.61. The molecular formula is C10H18N2OS. The predicted molar refractivity (Wildman–Crippen MR) is 57.9 cm³/mol. The zero-order valence-corrected chi connectivity index (χ0v) is 9.93. The molecule has 0 radical (unpaired) electrons. The van der Waals surface area contributed by atoms with Crippen LogP contribution in [0, 0.1) is 11.3 Å². The molecule has 1 rings (SSSR count). The zero-order valence-electron chi connectivity index (χ0n) is 9.12. The van der Waals surface area contributed by atoms with Gasteiger partial charge in [-0.05, 0) is 26.7 Å². The minimum atomic E-state index is -0.999. The lowest BCUT2D eigenvalue weighted by Crippen LogP contribution is -2.43. The summed E-state index contributed by atoms with van der Waals surface area (Å²) in [5.74, 6) is 0. The maximum absolute atomic E-state index is 12.0. The minimum Gasteiger partial charge on any atom is -0.242 e. The predicted octanol–water partition coefficient (Wildman–Crippen LogP) is 1.83. The molecule has 0 amide bonds. The Bertz CT molecular complexity index is 264. The van der Waals surface area contributed by atoms with E-state index in [0.717, 1.165) is 12.8 Å². The van der Waals surface area contributed by atoms with Crippen LogP contribution in [0.3, 0.4) is 0 Å². The Morgan fingerprint density at radius 1 is 1.43 bits per heavy atom. The standard InChI is InChI=1S/C10H18N2OS/c1-10(2,8-11)12(3)14(13)9-6-4-5-7-9/h9H,4-7H2,1-3H3. The lowest BCUT2D eigenvalue weighted by Gasteiger charge is -2.29. The molecule has 1 aliphatic rings. The van der Waals surface area contributed by atoms with E-state index in [1.165, 1.54) is 12.8 Å². The Labute approximate surface area is 88.7 Å². The van der Waals surface area contributed by atoms with Gasteiger partial charge < -0.3 is 0 Å². The highest BCUT2D eigenvalue weighted by Gasteiger charge is 2.32. The largest absolute Gasteiger partial charge is 0.242 e. The summed E-state index contributed by atoms with van der Waals surface area (Å²) in [5.41, 5.74) is -0.631. The number of hydrogen-bond donors (Lipinski definition) is 0. The van der Waals surface area contributed by atoms with Crippen LogP contribution in [-0.2, 0) is 11.0 Å². The molecule has 1 atom stereocenters. The van der Waals surface area contributed by atoms with Crippen LogP contribution in [0.2, 0.25) is 0 Å². The first-order valence-corrected chi connectivity index (χ1v) is 6.22. The Kier molecular flexibility index (Phi) is 3.68. The molecule has 3 nitrogen and oxygen atoms in total. The molecule has 0 N–H and O–H groups in total. The van der Waals surface area contributed by atoms with Gasteiger partial charge in [-0.25, -0.2) is 8.51 Å². The van der Waals surface area contributed by atoms with Crippen molar-refractivity contribution < 1.29 is 4.21 Å². The summed E-state index contributed by atoms with van der Waals surface area (Å²) in [6.45, 7) is 3.61. The van der Waals surface area contributed by atoms with Gasteiger partial charge in [-0.3, -0.25) is 0 Å². The quantitative estimate of drug-likeness (QED) is 0.719. The van der Waals surface area contributed by atoms with Gasteiger partial charge >= 0.3 is 0 Å². The van der Waals surface area contributed by atoms with Crippen LogP contribution in [0.25, 0.3) is 0 Å². The van der Waals surface area contributed by atoms with E-state index in [2.05, 4.69) is 6.07 Å². The van der Waals surface area contributed by atoms with E-state index in [1.807, 2.05) is 0 Å². The summed E-state index contributed by atoms with van der Waals surface area (Å²) >= 11 is 0. The van der Waals surface area contributed by atoms with Gasteiger partial charge in [0.15, 0.2) is 0 Å². The van der Waals surface area contributed by atoms with Gasteiger partial charge in [0.1, 0.15) is 5.54 Å². The molecule has 1 saturated carbocycles. The molecule has 1 unspecified atom stereocenters. The van der Waals surface area contributed by atoms with Gasteiger partial charge in [0.25, 0.3) is 0 Å². The molecule has 1 fully saturated rings. The monoisotopic (exact) mass is 214 g/mol. The van der Waals surface area contributed by atoms with Crippen molar-refractivity contribution in [3.8, 4) is 6.07 Å². The SMILES string of the molecule is CN(S(=O)C1CCCC1)C(C)(C)C#N. The average molecular weight is 214 g/mol. The normalized spacial score (nSPS) is 21.1. The minimum absolute atomic E-state index is 0.271. The van der Waals surface area contributed by atoms with Crippen LogP contribution < -0.4 is 0 Å². The van der Waals surface area contributed by atoms with Crippen molar-refractivity contribution in [3.05, 3.63) is 0 Å². The molecule has 0 heterocycles. The van der Waals surface area contributed by atoms with E-state index < -0.39 is 16.5 Å². The van der Waals surface area contributed by atoms with E-state index in [1.54, 1.807) is 25.2 Å². The lowest BCUT2D eigenvalue weighted by molar-refractivity contribution is 0.353. The second-order valence-electron chi connectivity index (χ2n) is 4.35. The fraction of sp³-hybridized carbons (Fsp3) is 0.900. The molecule has 0 aromatic carbocycles.